The maximum Gasteiger partial charge on any atom is 0.339 e. The molecule has 0 saturated heterocycles. The number of aryl methyl sites for hydroxylation is 5. The first-order valence-corrected chi connectivity index (χ1v) is 15.3. The summed E-state index contributed by atoms with van der Waals surface area (Å²) in [4.78, 5) is 11.7. The molecule has 2 N–H and O–H groups in total. The Kier molecular flexibility index (Phi) is 9.06. The third-order valence-electron chi connectivity index (χ3n) is 9.06. The fourth-order valence-corrected chi connectivity index (χ4v) is 6.67. The second kappa shape index (κ2) is 12.9. The summed E-state index contributed by atoms with van der Waals surface area (Å²) in [5.41, 5.74) is 17.7. The summed E-state index contributed by atoms with van der Waals surface area (Å²) in [6, 6.07) is 29.3. The number of hydrogen-bond acceptors (Lipinski definition) is 2. The van der Waals surface area contributed by atoms with Gasteiger partial charge in [-0.25, -0.2) is 4.79 Å². The first-order valence-electron chi connectivity index (χ1n) is 15.3. The molecule has 5 aromatic rings. The average molecular weight is 583 g/mol. The van der Waals surface area contributed by atoms with E-state index in [0.717, 1.165) is 24.8 Å². The third-order valence-corrected chi connectivity index (χ3v) is 9.06. The van der Waals surface area contributed by atoms with Crippen molar-refractivity contribution in [1.82, 2.24) is 0 Å². The van der Waals surface area contributed by atoms with Gasteiger partial charge in [-0.15, -0.1) is 0 Å². The van der Waals surface area contributed by atoms with Crippen molar-refractivity contribution < 1.29 is 15.0 Å². The molecule has 0 aromatic heterocycles. The second-order valence-electron chi connectivity index (χ2n) is 12.4. The minimum absolute atomic E-state index is 0.0267. The molecule has 5 rings (SSSR count). The molecule has 0 fully saturated rings. The molecule has 3 nitrogen and oxygen atoms in total. The van der Waals surface area contributed by atoms with E-state index in [-0.39, 0.29) is 11.3 Å². The molecule has 0 radical (unpaired) electrons. The van der Waals surface area contributed by atoms with Crippen LogP contribution in [0.15, 0.2) is 84.9 Å². The summed E-state index contributed by atoms with van der Waals surface area (Å²) < 4.78 is 0. The number of phenols is 1. The molecule has 3 heteroatoms. The van der Waals surface area contributed by atoms with Crippen molar-refractivity contribution in [3.63, 3.8) is 0 Å². The quantitative estimate of drug-likeness (QED) is 0.182. The topological polar surface area (TPSA) is 57.5 Å². The Bertz CT molecular complexity index is 1800. The Morgan fingerprint density at radius 2 is 0.955 bits per heavy atom. The van der Waals surface area contributed by atoms with Crippen molar-refractivity contribution in [1.29, 1.82) is 0 Å². The number of aromatic hydroxyl groups is 1. The maximum atomic E-state index is 11.7. The molecule has 0 atom stereocenters. The minimum atomic E-state index is -1.11. The van der Waals surface area contributed by atoms with E-state index in [4.69, 9.17) is 0 Å². The Morgan fingerprint density at radius 1 is 0.545 bits per heavy atom. The highest BCUT2D eigenvalue weighted by Crippen LogP contribution is 2.29. The zero-order chi connectivity index (χ0) is 31.5. The molecule has 0 aliphatic carbocycles. The second-order valence-corrected chi connectivity index (χ2v) is 12.4. The van der Waals surface area contributed by atoms with Crippen molar-refractivity contribution in [3.05, 3.63) is 168 Å². The van der Waals surface area contributed by atoms with Crippen LogP contribution in [-0.2, 0) is 25.7 Å². The number of rotatable bonds is 9. The van der Waals surface area contributed by atoms with Gasteiger partial charge in [0.2, 0.25) is 0 Å². The first kappa shape index (κ1) is 30.8. The van der Waals surface area contributed by atoms with Gasteiger partial charge in [0, 0.05) is 0 Å². The normalized spacial score (nSPS) is 11.1. The minimum Gasteiger partial charge on any atom is -0.507 e. The van der Waals surface area contributed by atoms with Gasteiger partial charge in [0.1, 0.15) is 11.3 Å². The van der Waals surface area contributed by atoms with E-state index in [1.54, 1.807) is 12.1 Å². The van der Waals surface area contributed by atoms with Gasteiger partial charge in [-0.05, 0) is 146 Å². The Hall–Kier alpha value is -4.63. The van der Waals surface area contributed by atoms with Gasteiger partial charge in [-0.2, -0.15) is 0 Å². The monoisotopic (exact) mass is 582 g/mol. The average Bonchev–Trinajstić information content (AvgIpc) is 2.96. The summed E-state index contributed by atoms with van der Waals surface area (Å²) in [5.74, 6) is -1.31. The molecule has 0 aliphatic heterocycles. The van der Waals surface area contributed by atoms with Crippen molar-refractivity contribution in [2.45, 2.75) is 67.2 Å². The molecule has 0 saturated carbocycles. The fourth-order valence-electron chi connectivity index (χ4n) is 6.67. The van der Waals surface area contributed by atoms with Crippen LogP contribution in [0.1, 0.15) is 88.2 Å². The lowest BCUT2D eigenvalue weighted by molar-refractivity contribution is 0.0692. The van der Waals surface area contributed by atoms with Crippen molar-refractivity contribution >= 4 is 5.97 Å². The van der Waals surface area contributed by atoms with Crippen LogP contribution in [0.25, 0.3) is 0 Å². The van der Waals surface area contributed by atoms with Gasteiger partial charge in [0.15, 0.2) is 0 Å². The summed E-state index contributed by atoms with van der Waals surface area (Å²) in [5, 5.41) is 19.6. The van der Waals surface area contributed by atoms with Crippen LogP contribution < -0.4 is 0 Å². The Morgan fingerprint density at radius 3 is 1.41 bits per heavy atom. The van der Waals surface area contributed by atoms with Crippen LogP contribution in [-0.4, -0.2) is 16.2 Å². The summed E-state index contributed by atoms with van der Waals surface area (Å²) in [6.45, 7) is 13.3. The molecule has 0 heterocycles. The molecule has 44 heavy (non-hydrogen) atoms. The van der Waals surface area contributed by atoms with Gasteiger partial charge in [-0.3, -0.25) is 0 Å². The third kappa shape index (κ3) is 6.78. The van der Waals surface area contributed by atoms with Gasteiger partial charge in [0.25, 0.3) is 0 Å². The molecule has 0 amide bonds. The standard InChI is InChI=1S/C41H42O3/c1-25-18-26(2)36(27(3)19-25)22-32-14-16-34(17-15-32)24-38-29(5)20-28(4)37(30(38)6)23-33-12-10-31(11-13-33)21-35-8-7-9-39(42)40(35)41(43)44/h7-20,42H,21-24H2,1-6H3,(H,43,44). The molecule has 224 valence electrons. The molecule has 0 bridgehead atoms. The highest BCUT2D eigenvalue weighted by atomic mass is 16.4. The maximum absolute atomic E-state index is 11.7. The Balaban J connectivity index is 1.32. The first-order chi connectivity index (χ1) is 21.0. The zero-order valence-corrected chi connectivity index (χ0v) is 26.7. The number of carbonyl (C=O) groups is 1. The SMILES string of the molecule is Cc1cc(C)c(Cc2ccc(Cc3c(C)cc(C)c(Cc4ccc(Cc5cccc(O)c5C(=O)O)cc4)c3C)cc2)c(C)c1. The van der Waals surface area contributed by atoms with E-state index < -0.39 is 5.97 Å². The summed E-state index contributed by atoms with van der Waals surface area (Å²) in [6.07, 6.45) is 3.15. The van der Waals surface area contributed by atoms with Gasteiger partial charge < -0.3 is 10.2 Å². The van der Waals surface area contributed by atoms with E-state index in [0.29, 0.717) is 12.0 Å². The predicted molar refractivity (Wildman–Crippen MR) is 180 cm³/mol. The largest absolute Gasteiger partial charge is 0.507 e. The van der Waals surface area contributed by atoms with Gasteiger partial charge >= 0.3 is 5.97 Å². The number of aromatic carboxylic acids is 1. The highest BCUT2D eigenvalue weighted by molar-refractivity contribution is 5.92. The van der Waals surface area contributed by atoms with E-state index in [1.165, 1.54) is 72.8 Å². The van der Waals surface area contributed by atoms with Crippen molar-refractivity contribution in [2.75, 3.05) is 0 Å². The number of carboxylic acids is 1. The van der Waals surface area contributed by atoms with Crippen LogP contribution >= 0.6 is 0 Å². The van der Waals surface area contributed by atoms with Crippen molar-refractivity contribution in [2.24, 2.45) is 0 Å². The lowest BCUT2D eigenvalue weighted by Crippen LogP contribution is -2.05. The van der Waals surface area contributed by atoms with E-state index in [1.807, 2.05) is 0 Å². The molecule has 0 unspecified atom stereocenters. The predicted octanol–water partition coefficient (Wildman–Crippen LogP) is 9.30. The lowest BCUT2D eigenvalue weighted by atomic mass is 9.86. The number of hydrogen-bond donors (Lipinski definition) is 2. The van der Waals surface area contributed by atoms with E-state index >= 15 is 0 Å². The molecular formula is C41H42O3. The van der Waals surface area contributed by atoms with E-state index in [9.17, 15) is 15.0 Å². The Labute approximate surface area is 261 Å². The fraction of sp³-hybridized carbons (Fsp3) is 0.244. The summed E-state index contributed by atoms with van der Waals surface area (Å²) in [7, 11) is 0. The van der Waals surface area contributed by atoms with E-state index in [2.05, 4.69) is 108 Å². The highest BCUT2D eigenvalue weighted by Gasteiger charge is 2.16. The molecule has 0 aliphatic rings. The van der Waals surface area contributed by atoms with Crippen LogP contribution in [0.3, 0.4) is 0 Å². The van der Waals surface area contributed by atoms with Gasteiger partial charge in [-0.1, -0.05) is 84.4 Å². The zero-order valence-electron chi connectivity index (χ0n) is 26.7. The van der Waals surface area contributed by atoms with Crippen LogP contribution in [0.4, 0.5) is 0 Å². The smallest absolute Gasteiger partial charge is 0.339 e. The molecule has 5 aromatic carbocycles. The molecule has 0 spiro atoms. The lowest BCUT2D eigenvalue weighted by Gasteiger charge is -2.18. The summed E-state index contributed by atoms with van der Waals surface area (Å²) >= 11 is 0. The number of carboxylic acid groups (broad SMARTS) is 1. The van der Waals surface area contributed by atoms with Crippen LogP contribution in [0.5, 0.6) is 5.75 Å². The van der Waals surface area contributed by atoms with Crippen LogP contribution in [0.2, 0.25) is 0 Å². The van der Waals surface area contributed by atoms with Crippen molar-refractivity contribution in [3.8, 4) is 5.75 Å². The molecular weight excluding hydrogens is 540 g/mol. The van der Waals surface area contributed by atoms with Gasteiger partial charge in [0.05, 0.1) is 0 Å². The van der Waals surface area contributed by atoms with Crippen LogP contribution in [0, 0.1) is 41.5 Å². The number of benzene rings is 5.